The van der Waals surface area contributed by atoms with Crippen molar-refractivity contribution in [2.75, 3.05) is 10.6 Å². The number of aromatic nitrogens is 2. The van der Waals surface area contributed by atoms with E-state index in [9.17, 15) is 13.2 Å². The Morgan fingerprint density at radius 1 is 1.16 bits per heavy atom. The molecule has 8 heteroatoms. The van der Waals surface area contributed by atoms with Crippen LogP contribution in [-0.4, -0.2) is 36.2 Å². The molecule has 0 saturated carbocycles. The molecule has 1 atom stereocenters. The van der Waals surface area contributed by atoms with Crippen LogP contribution in [0.1, 0.15) is 30.0 Å². The number of benzene rings is 2. The number of nitrogens with one attached hydrogen (secondary N) is 1. The van der Waals surface area contributed by atoms with Gasteiger partial charge in [-0.15, -0.1) is 0 Å². The highest BCUT2D eigenvalue weighted by Gasteiger charge is 2.31. The minimum atomic E-state index is -3.67. The summed E-state index contributed by atoms with van der Waals surface area (Å²) in [6, 6.07) is 12.3. The van der Waals surface area contributed by atoms with Gasteiger partial charge >= 0.3 is 0 Å². The number of amides is 1. The lowest BCUT2D eigenvalue weighted by atomic mass is 10.1. The number of anilines is 1. The topological polar surface area (TPSA) is 84.3 Å². The molecule has 1 unspecified atom stereocenters. The molecule has 0 aliphatic rings. The Labute approximate surface area is 183 Å². The number of para-hydroxylation sites is 1. The third-order valence-corrected chi connectivity index (χ3v) is 6.48. The molecular weight excluding hydrogens is 412 g/mol. The maximum absolute atomic E-state index is 13.1. The van der Waals surface area contributed by atoms with Gasteiger partial charge in [0.15, 0.2) is 0 Å². The maximum atomic E-state index is 13.1. The monoisotopic (exact) mass is 440 g/mol. The number of aryl methyl sites for hydroxylation is 2. The summed E-state index contributed by atoms with van der Waals surface area (Å²) in [7, 11) is -3.67. The molecule has 164 valence electrons. The number of sulfonamides is 1. The Hall–Kier alpha value is -3.13. The molecule has 3 aromatic rings. The SMILES string of the molecule is CCC(C(=O)NCc1ccccc1-n1ccnc1)N(c1ccc(C)c(C)c1)S(C)(=O)=O. The van der Waals surface area contributed by atoms with Gasteiger partial charge in [-0.05, 0) is 55.2 Å². The number of hydrogen-bond acceptors (Lipinski definition) is 4. The second-order valence-corrected chi connectivity index (χ2v) is 9.43. The molecule has 31 heavy (non-hydrogen) atoms. The van der Waals surface area contributed by atoms with Crippen LogP contribution in [0.5, 0.6) is 0 Å². The summed E-state index contributed by atoms with van der Waals surface area (Å²) >= 11 is 0. The number of carbonyl (C=O) groups is 1. The average Bonchev–Trinajstić information content (AvgIpc) is 3.26. The first-order chi connectivity index (χ1) is 14.7. The van der Waals surface area contributed by atoms with Crippen LogP contribution in [0.4, 0.5) is 5.69 Å². The van der Waals surface area contributed by atoms with E-state index in [4.69, 9.17) is 0 Å². The zero-order valence-electron chi connectivity index (χ0n) is 18.2. The van der Waals surface area contributed by atoms with Crippen LogP contribution in [0.3, 0.4) is 0 Å². The van der Waals surface area contributed by atoms with Gasteiger partial charge in [-0.1, -0.05) is 31.2 Å². The van der Waals surface area contributed by atoms with Crippen LogP contribution < -0.4 is 9.62 Å². The highest BCUT2D eigenvalue weighted by Crippen LogP contribution is 2.25. The zero-order valence-corrected chi connectivity index (χ0v) is 19.1. The summed E-state index contributed by atoms with van der Waals surface area (Å²) in [5.74, 6) is -0.341. The van der Waals surface area contributed by atoms with E-state index in [1.54, 1.807) is 24.7 Å². The normalized spacial score (nSPS) is 12.4. The molecule has 7 nitrogen and oxygen atoms in total. The van der Waals surface area contributed by atoms with Gasteiger partial charge < -0.3 is 9.88 Å². The van der Waals surface area contributed by atoms with Gasteiger partial charge in [-0.3, -0.25) is 9.10 Å². The lowest BCUT2D eigenvalue weighted by Crippen LogP contribution is -2.49. The molecule has 1 heterocycles. The van der Waals surface area contributed by atoms with Crippen LogP contribution in [-0.2, 0) is 21.4 Å². The second kappa shape index (κ2) is 9.34. The molecule has 3 rings (SSSR count). The van der Waals surface area contributed by atoms with Crippen molar-refractivity contribution in [2.24, 2.45) is 0 Å². The third-order valence-electron chi connectivity index (χ3n) is 5.30. The van der Waals surface area contributed by atoms with Crippen LogP contribution in [0.15, 0.2) is 61.2 Å². The first-order valence-electron chi connectivity index (χ1n) is 10.1. The third kappa shape index (κ3) is 5.14. The van der Waals surface area contributed by atoms with Crippen molar-refractivity contribution in [1.82, 2.24) is 14.9 Å². The van der Waals surface area contributed by atoms with Gasteiger partial charge in [0.05, 0.1) is 24.0 Å². The molecule has 0 radical (unpaired) electrons. The van der Waals surface area contributed by atoms with Gasteiger partial charge in [0.2, 0.25) is 15.9 Å². The quantitative estimate of drug-likeness (QED) is 0.582. The van der Waals surface area contributed by atoms with Gasteiger partial charge in [-0.2, -0.15) is 0 Å². The average molecular weight is 441 g/mol. The van der Waals surface area contributed by atoms with Crippen LogP contribution in [0.25, 0.3) is 5.69 Å². The van der Waals surface area contributed by atoms with E-state index in [1.165, 1.54) is 4.31 Å². The Morgan fingerprint density at radius 3 is 2.52 bits per heavy atom. The van der Waals surface area contributed by atoms with Crippen LogP contribution in [0.2, 0.25) is 0 Å². The maximum Gasteiger partial charge on any atom is 0.244 e. The van der Waals surface area contributed by atoms with Crippen molar-refractivity contribution in [3.63, 3.8) is 0 Å². The van der Waals surface area contributed by atoms with Gasteiger partial charge in [0.25, 0.3) is 0 Å². The van der Waals surface area contributed by atoms with Crippen molar-refractivity contribution in [3.05, 3.63) is 77.9 Å². The summed E-state index contributed by atoms with van der Waals surface area (Å²) in [5, 5.41) is 2.92. The van der Waals surface area contributed by atoms with Crippen molar-refractivity contribution in [2.45, 2.75) is 39.8 Å². The van der Waals surface area contributed by atoms with Gasteiger partial charge in [0.1, 0.15) is 6.04 Å². The fourth-order valence-corrected chi connectivity index (χ4v) is 4.74. The van der Waals surface area contributed by atoms with Gasteiger partial charge in [0, 0.05) is 18.9 Å². The van der Waals surface area contributed by atoms with E-state index in [0.717, 1.165) is 28.6 Å². The van der Waals surface area contributed by atoms with Crippen LogP contribution in [0, 0.1) is 13.8 Å². The molecule has 0 aliphatic heterocycles. The standard InChI is InChI=1S/C23H28N4O3S/c1-5-21(27(31(4,29)30)20-11-10-17(2)18(3)14-20)23(28)25-15-19-8-6-7-9-22(19)26-13-12-24-16-26/h6-14,16,21H,5,15H2,1-4H3,(H,25,28). The first-order valence-corrected chi connectivity index (χ1v) is 12.0. The molecule has 0 bridgehead atoms. The van der Waals surface area contributed by atoms with Crippen molar-refractivity contribution >= 4 is 21.6 Å². The molecule has 0 fully saturated rings. The van der Waals surface area contributed by atoms with Crippen molar-refractivity contribution in [3.8, 4) is 5.69 Å². The Morgan fingerprint density at radius 2 is 1.90 bits per heavy atom. The largest absolute Gasteiger partial charge is 0.350 e. The summed E-state index contributed by atoms with van der Waals surface area (Å²) in [6.45, 7) is 5.97. The fourth-order valence-electron chi connectivity index (χ4n) is 3.54. The summed E-state index contributed by atoms with van der Waals surface area (Å²) in [6.07, 6.45) is 6.69. The minimum Gasteiger partial charge on any atom is -0.350 e. The number of imidazole rings is 1. The number of carbonyl (C=O) groups excluding carboxylic acids is 1. The predicted molar refractivity (Wildman–Crippen MR) is 123 cm³/mol. The highest BCUT2D eigenvalue weighted by atomic mass is 32.2. The molecular formula is C23H28N4O3S. The lowest BCUT2D eigenvalue weighted by Gasteiger charge is -2.30. The molecule has 0 saturated heterocycles. The second-order valence-electron chi connectivity index (χ2n) is 7.57. The predicted octanol–water partition coefficient (Wildman–Crippen LogP) is 3.35. The Bertz CT molecular complexity index is 1160. The van der Waals surface area contributed by atoms with E-state index < -0.39 is 16.1 Å². The van der Waals surface area contributed by atoms with Crippen molar-refractivity contribution < 1.29 is 13.2 Å². The van der Waals surface area contributed by atoms with E-state index >= 15 is 0 Å². The minimum absolute atomic E-state index is 0.272. The number of hydrogen-bond donors (Lipinski definition) is 1. The highest BCUT2D eigenvalue weighted by molar-refractivity contribution is 7.92. The molecule has 0 spiro atoms. The summed E-state index contributed by atoms with van der Waals surface area (Å²) < 4.78 is 28.4. The number of nitrogens with zero attached hydrogens (tertiary/aromatic N) is 3. The van der Waals surface area contributed by atoms with E-state index in [-0.39, 0.29) is 12.5 Å². The lowest BCUT2D eigenvalue weighted by molar-refractivity contribution is -0.122. The smallest absolute Gasteiger partial charge is 0.244 e. The molecule has 0 aliphatic carbocycles. The Kier molecular flexibility index (Phi) is 6.80. The summed E-state index contributed by atoms with van der Waals surface area (Å²) in [4.78, 5) is 17.2. The van der Waals surface area contributed by atoms with Crippen LogP contribution >= 0.6 is 0 Å². The Balaban J connectivity index is 1.86. The fraction of sp³-hybridized carbons (Fsp3) is 0.304. The molecule has 1 amide bonds. The molecule has 1 N–H and O–H groups in total. The number of rotatable bonds is 8. The summed E-state index contributed by atoms with van der Waals surface area (Å²) in [5.41, 5.74) is 4.33. The molecule has 1 aromatic heterocycles. The van der Waals surface area contributed by atoms with E-state index in [1.807, 2.05) is 61.9 Å². The molecule has 2 aromatic carbocycles. The first kappa shape index (κ1) is 22.6. The van der Waals surface area contributed by atoms with Gasteiger partial charge in [-0.25, -0.2) is 13.4 Å². The zero-order chi connectivity index (χ0) is 22.6. The van der Waals surface area contributed by atoms with Crippen molar-refractivity contribution in [1.29, 1.82) is 0 Å². The van der Waals surface area contributed by atoms with E-state index in [0.29, 0.717) is 12.1 Å². The van der Waals surface area contributed by atoms with E-state index in [2.05, 4.69) is 10.3 Å².